The van der Waals surface area contributed by atoms with Gasteiger partial charge in [-0.15, -0.1) is 0 Å². The number of esters is 2. The van der Waals surface area contributed by atoms with Gasteiger partial charge in [-0.05, 0) is 13.8 Å². The molecule has 0 aromatic carbocycles. The minimum absolute atomic E-state index is 0.679. The van der Waals surface area contributed by atoms with Crippen molar-refractivity contribution >= 4 is 11.9 Å². The van der Waals surface area contributed by atoms with E-state index in [9.17, 15) is 9.59 Å². The van der Waals surface area contributed by atoms with Crippen LogP contribution < -0.4 is 0 Å². The summed E-state index contributed by atoms with van der Waals surface area (Å²) in [5.74, 6) is -1.51. The first-order valence-electron chi connectivity index (χ1n) is 3.37. The molecular formula is C6H8O4. The molecule has 2 unspecified atom stereocenters. The number of carbonyl (C=O) groups excluding carboxylic acids is 2. The molecule has 4 nitrogen and oxygen atoms in total. The third-order valence-electron chi connectivity index (χ3n) is 1.16. The van der Waals surface area contributed by atoms with E-state index in [1.807, 2.05) is 0 Å². The highest BCUT2D eigenvalue weighted by Gasteiger charge is 2.32. The topological polar surface area (TPSA) is 52.6 Å². The second-order valence-electron chi connectivity index (χ2n) is 2.02. The van der Waals surface area contributed by atoms with Gasteiger partial charge >= 0.3 is 11.9 Å². The molecular weight excluding hydrogens is 136 g/mol. The first-order valence-corrected chi connectivity index (χ1v) is 2.87. The molecule has 0 aliphatic carbocycles. The van der Waals surface area contributed by atoms with E-state index >= 15 is 0 Å². The largest absolute Gasteiger partial charge is 0.448 e. The molecule has 2 atom stereocenters. The van der Waals surface area contributed by atoms with Crippen molar-refractivity contribution in [1.82, 2.24) is 0 Å². The molecule has 0 saturated carbocycles. The lowest BCUT2D eigenvalue weighted by Gasteiger charge is -2.22. The minimum atomic E-state index is -1.87. The van der Waals surface area contributed by atoms with Crippen molar-refractivity contribution in [3.8, 4) is 0 Å². The fourth-order valence-electron chi connectivity index (χ4n) is 0.567. The van der Waals surface area contributed by atoms with Crippen LogP contribution in [0.3, 0.4) is 0 Å². The molecule has 10 heavy (non-hydrogen) atoms. The summed E-state index contributed by atoms with van der Waals surface area (Å²) in [6, 6.07) is 0. The van der Waals surface area contributed by atoms with Gasteiger partial charge in [0, 0.05) is 0 Å². The van der Waals surface area contributed by atoms with E-state index in [4.69, 9.17) is 1.37 Å². The normalized spacial score (nSPS) is 41.8. The van der Waals surface area contributed by atoms with Crippen molar-refractivity contribution in [2.45, 2.75) is 26.0 Å². The number of rotatable bonds is 0. The molecule has 0 N–H and O–H groups in total. The van der Waals surface area contributed by atoms with E-state index in [2.05, 4.69) is 9.47 Å². The monoisotopic (exact) mass is 145 g/mol. The standard InChI is InChI=1S/C6H8O4/c1-3-5(7)10-4(2)6(8)9-3/h3-4H,1-2H3/i3D. The van der Waals surface area contributed by atoms with Gasteiger partial charge < -0.3 is 9.47 Å². The molecule has 1 fully saturated rings. The summed E-state index contributed by atoms with van der Waals surface area (Å²) in [6.07, 6.45) is -2.76. The van der Waals surface area contributed by atoms with Crippen molar-refractivity contribution < 1.29 is 20.4 Å². The summed E-state index contributed by atoms with van der Waals surface area (Å²) in [7, 11) is 0. The third-order valence-corrected chi connectivity index (χ3v) is 1.16. The molecule has 0 amide bonds. The highest BCUT2D eigenvalue weighted by Crippen LogP contribution is 2.08. The summed E-state index contributed by atoms with van der Waals surface area (Å²) in [5, 5.41) is 0. The summed E-state index contributed by atoms with van der Waals surface area (Å²) in [4.78, 5) is 21.5. The molecule has 0 bridgehead atoms. The Morgan fingerprint density at radius 1 is 1.30 bits per heavy atom. The Morgan fingerprint density at radius 2 is 1.90 bits per heavy atom. The number of hydrogen-bond acceptors (Lipinski definition) is 4. The van der Waals surface area contributed by atoms with E-state index in [0.29, 0.717) is 0 Å². The zero-order valence-electron chi connectivity index (χ0n) is 6.71. The highest BCUT2D eigenvalue weighted by molar-refractivity contribution is 5.86. The molecule has 1 rings (SSSR count). The molecule has 0 spiro atoms. The SMILES string of the molecule is [2H]C1(C)OC(=O)C(C)OC1=O. The first-order chi connectivity index (χ1) is 4.93. The number of carbonyl (C=O) groups is 2. The molecule has 4 heteroatoms. The van der Waals surface area contributed by atoms with Crippen LogP contribution in [-0.2, 0) is 19.1 Å². The first kappa shape index (κ1) is 5.70. The average molecular weight is 145 g/mol. The molecule has 0 aromatic rings. The Kier molecular flexibility index (Phi) is 1.30. The Labute approximate surface area is 59.5 Å². The Bertz CT molecular complexity index is 211. The van der Waals surface area contributed by atoms with E-state index in [1.54, 1.807) is 0 Å². The molecule has 56 valence electrons. The lowest BCUT2D eigenvalue weighted by molar-refractivity contribution is -0.191. The Balaban J connectivity index is 2.79. The van der Waals surface area contributed by atoms with Crippen LogP contribution in [0.5, 0.6) is 0 Å². The van der Waals surface area contributed by atoms with E-state index < -0.39 is 24.1 Å². The van der Waals surface area contributed by atoms with Crippen LogP contribution in [0.15, 0.2) is 0 Å². The maximum atomic E-state index is 10.8. The quantitative estimate of drug-likeness (QED) is 0.445. The molecule has 1 saturated heterocycles. The molecule has 0 aromatic heterocycles. The van der Waals surface area contributed by atoms with Gasteiger partial charge in [-0.3, -0.25) is 0 Å². The van der Waals surface area contributed by atoms with Gasteiger partial charge in [0.05, 0.1) is 1.37 Å². The van der Waals surface area contributed by atoms with Crippen LogP contribution in [-0.4, -0.2) is 24.1 Å². The maximum Gasteiger partial charge on any atom is 0.347 e. The lowest BCUT2D eigenvalue weighted by atomic mass is 10.3. The Morgan fingerprint density at radius 3 is 2.40 bits per heavy atom. The van der Waals surface area contributed by atoms with E-state index in [0.717, 1.165) is 0 Å². The van der Waals surface area contributed by atoms with E-state index in [1.165, 1.54) is 13.8 Å². The van der Waals surface area contributed by atoms with Gasteiger partial charge in [-0.2, -0.15) is 0 Å². The number of hydrogen-bond donors (Lipinski definition) is 0. The smallest absolute Gasteiger partial charge is 0.347 e. The second kappa shape index (κ2) is 2.28. The third kappa shape index (κ3) is 1.10. The maximum absolute atomic E-state index is 10.8. The predicted molar refractivity (Wildman–Crippen MR) is 31.1 cm³/mol. The molecule has 0 radical (unpaired) electrons. The van der Waals surface area contributed by atoms with E-state index in [-0.39, 0.29) is 0 Å². The second-order valence-corrected chi connectivity index (χ2v) is 2.02. The van der Waals surface area contributed by atoms with Gasteiger partial charge in [-0.25, -0.2) is 9.59 Å². The fraction of sp³-hybridized carbons (Fsp3) is 0.667. The summed E-state index contributed by atoms with van der Waals surface area (Å²) in [6.45, 7) is 2.56. The van der Waals surface area contributed by atoms with Crippen LogP contribution in [0.1, 0.15) is 15.2 Å². The zero-order valence-corrected chi connectivity index (χ0v) is 5.71. The zero-order chi connectivity index (χ0) is 8.65. The summed E-state index contributed by atoms with van der Waals surface area (Å²) >= 11 is 0. The summed E-state index contributed by atoms with van der Waals surface area (Å²) < 4.78 is 16.1. The van der Waals surface area contributed by atoms with Gasteiger partial charge in [0.1, 0.15) is 0 Å². The number of ether oxygens (including phenoxy) is 2. The summed E-state index contributed by atoms with van der Waals surface area (Å²) in [5.41, 5.74) is 0. The molecule has 1 aliphatic rings. The van der Waals surface area contributed by atoms with Crippen molar-refractivity contribution in [3.63, 3.8) is 0 Å². The van der Waals surface area contributed by atoms with Crippen LogP contribution in [0, 0.1) is 0 Å². The van der Waals surface area contributed by atoms with Gasteiger partial charge in [-0.1, -0.05) is 0 Å². The number of cyclic esters (lactones) is 2. The molecule has 1 heterocycles. The molecule has 1 aliphatic heterocycles. The Hall–Kier alpha value is -1.06. The van der Waals surface area contributed by atoms with Gasteiger partial charge in [0.15, 0.2) is 12.2 Å². The van der Waals surface area contributed by atoms with Gasteiger partial charge in [0.25, 0.3) is 0 Å². The van der Waals surface area contributed by atoms with Crippen LogP contribution in [0.2, 0.25) is 0 Å². The van der Waals surface area contributed by atoms with Gasteiger partial charge in [0.2, 0.25) is 0 Å². The van der Waals surface area contributed by atoms with Crippen molar-refractivity contribution in [3.05, 3.63) is 0 Å². The fourth-order valence-corrected chi connectivity index (χ4v) is 0.567. The van der Waals surface area contributed by atoms with Crippen LogP contribution in [0.4, 0.5) is 0 Å². The van der Waals surface area contributed by atoms with Crippen molar-refractivity contribution in [1.29, 1.82) is 0 Å². The lowest BCUT2D eigenvalue weighted by Crippen LogP contribution is -2.40. The minimum Gasteiger partial charge on any atom is -0.448 e. The average Bonchev–Trinajstić information content (AvgIpc) is 1.83. The van der Waals surface area contributed by atoms with Crippen molar-refractivity contribution in [2.24, 2.45) is 0 Å². The van der Waals surface area contributed by atoms with Crippen LogP contribution in [0.25, 0.3) is 0 Å². The van der Waals surface area contributed by atoms with Crippen LogP contribution >= 0.6 is 0 Å². The highest BCUT2D eigenvalue weighted by atomic mass is 16.6. The predicted octanol–water partition coefficient (Wildman–Crippen LogP) is -0.137. The van der Waals surface area contributed by atoms with Crippen molar-refractivity contribution in [2.75, 3.05) is 0 Å².